The van der Waals surface area contributed by atoms with E-state index < -0.39 is 11.6 Å². The molecule has 1 unspecified atom stereocenters. The van der Waals surface area contributed by atoms with Crippen LogP contribution in [-0.4, -0.2) is 74.9 Å². The molecule has 0 radical (unpaired) electrons. The van der Waals surface area contributed by atoms with Crippen LogP contribution >= 0.6 is 11.3 Å². The zero-order valence-electron chi connectivity index (χ0n) is 19.2. The van der Waals surface area contributed by atoms with Gasteiger partial charge >= 0.3 is 6.09 Å². The van der Waals surface area contributed by atoms with Gasteiger partial charge in [-0.2, -0.15) is 15.0 Å². The largest absolute Gasteiger partial charge is 0.491 e. The summed E-state index contributed by atoms with van der Waals surface area (Å²) >= 11 is 1.42. The normalized spacial score (nSPS) is 16.2. The van der Waals surface area contributed by atoms with Crippen molar-refractivity contribution in [1.82, 2.24) is 24.8 Å². The summed E-state index contributed by atoms with van der Waals surface area (Å²) in [4.78, 5) is 34.4. The van der Waals surface area contributed by atoms with E-state index in [1.165, 1.54) is 23.3 Å². The van der Waals surface area contributed by atoms with Crippen molar-refractivity contribution in [2.24, 2.45) is 0 Å². The van der Waals surface area contributed by atoms with Crippen LogP contribution in [0.15, 0.2) is 17.6 Å². The number of amides is 1. The zero-order valence-corrected chi connectivity index (χ0v) is 20.0. The summed E-state index contributed by atoms with van der Waals surface area (Å²) in [7, 11) is 3.08. The van der Waals surface area contributed by atoms with E-state index in [2.05, 4.69) is 20.3 Å². The molecule has 1 atom stereocenters. The lowest BCUT2D eigenvalue weighted by molar-refractivity contribution is 0.0762. The summed E-state index contributed by atoms with van der Waals surface area (Å²) in [5.41, 5.74) is 1.85. The Balaban J connectivity index is 1.63. The van der Waals surface area contributed by atoms with E-state index in [4.69, 9.17) is 14.5 Å². The van der Waals surface area contributed by atoms with Crippen LogP contribution in [0.3, 0.4) is 0 Å². The van der Waals surface area contributed by atoms with Gasteiger partial charge in [0.15, 0.2) is 16.4 Å². The van der Waals surface area contributed by atoms with Gasteiger partial charge in [0.25, 0.3) is 5.88 Å². The second-order valence-electron chi connectivity index (χ2n) is 8.62. The van der Waals surface area contributed by atoms with E-state index in [-0.39, 0.29) is 6.04 Å². The molecule has 0 spiro atoms. The van der Waals surface area contributed by atoms with Crippen LogP contribution in [0, 0.1) is 0 Å². The number of carboxylic acid groups (broad SMARTS) is 1. The molecule has 1 amide bonds. The van der Waals surface area contributed by atoms with Crippen LogP contribution in [-0.2, 0) is 0 Å². The molecule has 1 aliphatic heterocycles. The Morgan fingerprint density at radius 1 is 1.24 bits per heavy atom. The minimum Gasteiger partial charge on any atom is -0.491 e. The number of nitrogens with one attached hydrogen (secondary N) is 1. The van der Waals surface area contributed by atoms with E-state index >= 15 is 0 Å². The summed E-state index contributed by atoms with van der Waals surface area (Å²) in [5.74, 6) is 2.44. The first-order valence-corrected chi connectivity index (χ1v) is 11.3. The molecule has 176 valence electrons. The molecule has 1 aliphatic rings. The van der Waals surface area contributed by atoms with Gasteiger partial charge in [-0.15, -0.1) is 11.3 Å². The molecule has 3 aromatic rings. The lowest BCUT2D eigenvalue weighted by Gasteiger charge is -2.37. The van der Waals surface area contributed by atoms with Crippen molar-refractivity contribution in [3.05, 3.63) is 17.6 Å². The van der Waals surface area contributed by atoms with Gasteiger partial charge in [0.2, 0.25) is 5.95 Å². The maximum Gasteiger partial charge on any atom is 0.408 e. The molecule has 1 saturated heterocycles. The van der Waals surface area contributed by atoms with Crippen LogP contribution in [0.25, 0.3) is 10.3 Å². The fourth-order valence-electron chi connectivity index (χ4n) is 4.02. The number of fused-ring (bicyclic) bond motifs is 1. The van der Waals surface area contributed by atoms with Crippen molar-refractivity contribution in [3.63, 3.8) is 0 Å². The van der Waals surface area contributed by atoms with Crippen molar-refractivity contribution >= 4 is 45.4 Å². The quantitative estimate of drug-likeness (QED) is 0.548. The number of nitrogens with zero attached hydrogens (tertiary/aromatic N) is 6. The monoisotopic (exact) mass is 473 g/mol. The average Bonchev–Trinajstić information content (AvgIpc) is 3.42. The Bertz CT molecular complexity index is 1160. The molecule has 4 rings (SSSR count). The third-order valence-corrected chi connectivity index (χ3v) is 6.13. The first-order valence-electron chi connectivity index (χ1n) is 10.5. The van der Waals surface area contributed by atoms with Gasteiger partial charge < -0.3 is 24.8 Å². The highest BCUT2D eigenvalue weighted by Gasteiger charge is 2.38. The summed E-state index contributed by atoms with van der Waals surface area (Å²) in [6.07, 6.45) is -0.219. The van der Waals surface area contributed by atoms with Gasteiger partial charge in [-0.1, -0.05) is 0 Å². The fourth-order valence-corrected chi connectivity index (χ4v) is 4.68. The van der Waals surface area contributed by atoms with Crippen molar-refractivity contribution < 1.29 is 19.4 Å². The second kappa shape index (κ2) is 8.85. The Morgan fingerprint density at radius 2 is 2.03 bits per heavy atom. The molecule has 1 fully saturated rings. The number of anilines is 3. The minimum atomic E-state index is -0.921. The van der Waals surface area contributed by atoms with Gasteiger partial charge in [0.05, 0.1) is 25.8 Å². The lowest BCUT2D eigenvalue weighted by Crippen LogP contribution is -2.52. The highest BCUT2D eigenvalue weighted by Crippen LogP contribution is 2.32. The molecule has 33 heavy (non-hydrogen) atoms. The number of ether oxygens (including phenoxy) is 2. The van der Waals surface area contributed by atoms with E-state index in [9.17, 15) is 9.90 Å². The van der Waals surface area contributed by atoms with Gasteiger partial charge in [0.1, 0.15) is 11.3 Å². The fraction of sp³-hybridized carbons (Fsp3) is 0.476. The molecule has 0 bridgehead atoms. The molecule has 11 nitrogen and oxygen atoms in total. The third-order valence-electron chi connectivity index (χ3n) is 5.41. The highest BCUT2D eigenvalue weighted by atomic mass is 32.1. The van der Waals surface area contributed by atoms with Crippen molar-refractivity contribution in [3.8, 4) is 11.6 Å². The van der Waals surface area contributed by atoms with Crippen LogP contribution in [0.5, 0.6) is 11.6 Å². The SMILES string of the molecule is COc1ccc(Nc2nc(N3CCC(N(C(=O)O)C(C)(C)C)C3)nc3scnc23)nc1OC. The molecular weight excluding hydrogens is 446 g/mol. The standard InChI is InChI=1S/C21H27N7O4S/c1-21(2,3)28(20(29)30)12-8-9-27(10-12)19-25-16(15-18(26-19)33-11-22-15)23-14-7-6-13(31-4)17(24-14)32-5/h6-7,11-12H,8-10H2,1-5H3,(H,29,30)(H,23,24,25,26). The predicted octanol–water partition coefficient (Wildman–Crippen LogP) is 3.60. The number of hydrogen-bond donors (Lipinski definition) is 2. The summed E-state index contributed by atoms with van der Waals surface area (Å²) in [6, 6.07) is 3.38. The number of aromatic nitrogens is 4. The van der Waals surface area contributed by atoms with Gasteiger partial charge in [0, 0.05) is 18.6 Å². The van der Waals surface area contributed by atoms with Crippen LogP contribution in [0.1, 0.15) is 27.2 Å². The van der Waals surface area contributed by atoms with Gasteiger partial charge in [-0.25, -0.2) is 9.78 Å². The summed E-state index contributed by atoms with van der Waals surface area (Å²) < 4.78 is 10.5. The third kappa shape index (κ3) is 4.56. The van der Waals surface area contributed by atoms with E-state index in [0.29, 0.717) is 54.2 Å². The smallest absolute Gasteiger partial charge is 0.408 e. The summed E-state index contributed by atoms with van der Waals surface area (Å²) in [6.45, 7) is 6.89. The lowest BCUT2D eigenvalue weighted by atomic mass is 10.0. The predicted molar refractivity (Wildman–Crippen MR) is 126 cm³/mol. The van der Waals surface area contributed by atoms with Crippen molar-refractivity contribution in [2.75, 3.05) is 37.5 Å². The van der Waals surface area contributed by atoms with Gasteiger partial charge in [-0.3, -0.25) is 4.90 Å². The zero-order chi connectivity index (χ0) is 23.8. The molecular formula is C21H27N7O4S. The van der Waals surface area contributed by atoms with Crippen LogP contribution < -0.4 is 19.7 Å². The number of thiazole rings is 1. The maximum atomic E-state index is 11.9. The highest BCUT2D eigenvalue weighted by molar-refractivity contribution is 7.16. The van der Waals surface area contributed by atoms with E-state index in [1.807, 2.05) is 25.7 Å². The maximum absolute atomic E-state index is 11.9. The molecule has 12 heteroatoms. The van der Waals surface area contributed by atoms with Crippen LogP contribution in [0.2, 0.25) is 0 Å². The average molecular weight is 474 g/mol. The molecule has 4 heterocycles. The first-order chi connectivity index (χ1) is 15.7. The number of hydrogen-bond acceptors (Lipinski definition) is 10. The Hall–Kier alpha value is -3.41. The van der Waals surface area contributed by atoms with Crippen molar-refractivity contribution in [1.29, 1.82) is 0 Å². The minimum absolute atomic E-state index is 0.146. The van der Waals surface area contributed by atoms with E-state index in [0.717, 1.165) is 4.83 Å². The number of rotatable bonds is 6. The first kappa shape index (κ1) is 22.8. The summed E-state index contributed by atoms with van der Waals surface area (Å²) in [5, 5.41) is 13.0. The molecule has 0 aromatic carbocycles. The number of carbonyl (C=O) groups is 1. The number of pyridine rings is 1. The number of methoxy groups -OCH3 is 2. The van der Waals surface area contributed by atoms with Crippen LogP contribution in [0.4, 0.5) is 22.4 Å². The van der Waals surface area contributed by atoms with Crippen molar-refractivity contribution in [2.45, 2.75) is 38.8 Å². The molecule has 3 aromatic heterocycles. The molecule has 0 aliphatic carbocycles. The topological polar surface area (TPSA) is 126 Å². The second-order valence-corrected chi connectivity index (χ2v) is 9.46. The van der Waals surface area contributed by atoms with E-state index in [1.54, 1.807) is 24.8 Å². The Kier molecular flexibility index (Phi) is 6.11. The molecule has 2 N–H and O–H groups in total. The molecule has 0 saturated carbocycles. The Morgan fingerprint density at radius 3 is 2.70 bits per heavy atom. The Labute approximate surface area is 195 Å². The van der Waals surface area contributed by atoms with Gasteiger partial charge in [-0.05, 0) is 39.3 Å².